The van der Waals surface area contributed by atoms with E-state index in [9.17, 15) is 8.78 Å². The molecule has 0 aliphatic carbocycles. The minimum Gasteiger partial charge on any atom is -0.435 e. The van der Waals surface area contributed by atoms with Gasteiger partial charge in [-0.05, 0) is 53.2 Å². The fraction of sp³-hybridized carbons (Fsp3) is 0.174. The van der Waals surface area contributed by atoms with Gasteiger partial charge in [-0.3, -0.25) is 0 Å². The van der Waals surface area contributed by atoms with Crippen LogP contribution in [0, 0.1) is 0 Å². The van der Waals surface area contributed by atoms with Crippen molar-refractivity contribution in [2.75, 3.05) is 5.32 Å². The number of benzene rings is 3. The largest absolute Gasteiger partial charge is 0.435 e. The van der Waals surface area contributed by atoms with Crippen molar-refractivity contribution < 1.29 is 18.3 Å². The lowest BCUT2D eigenvalue weighted by molar-refractivity contribution is -0.0498. The Morgan fingerprint density at radius 2 is 1.50 bits per heavy atom. The van der Waals surface area contributed by atoms with Crippen LogP contribution < -0.4 is 15.4 Å². The zero-order chi connectivity index (χ0) is 21.2. The standard InChI is InChI=1S/C23H22F2N2O2S/c24-22(25)29-21-11-9-20(10-12-21)27-23(30)26-14-18-7-4-8-19(13-18)16-28-15-17-5-2-1-3-6-17/h1-13,22H,14-16H2,(H2,26,27,30). The minimum absolute atomic E-state index is 0.0979. The highest BCUT2D eigenvalue weighted by Gasteiger charge is 2.05. The number of rotatable bonds is 9. The van der Waals surface area contributed by atoms with Gasteiger partial charge in [0.2, 0.25) is 0 Å². The molecule has 0 saturated heterocycles. The van der Waals surface area contributed by atoms with E-state index in [1.165, 1.54) is 12.1 Å². The summed E-state index contributed by atoms with van der Waals surface area (Å²) < 4.78 is 34.5. The summed E-state index contributed by atoms with van der Waals surface area (Å²) >= 11 is 5.30. The molecule has 0 atom stereocenters. The second kappa shape index (κ2) is 11.2. The third-order valence-electron chi connectivity index (χ3n) is 4.16. The second-order valence-electron chi connectivity index (χ2n) is 6.51. The van der Waals surface area contributed by atoms with Crippen LogP contribution in [0.4, 0.5) is 14.5 Å². The van der Waals surface area contributed by atoms with Crippen LogP contribution >= 0.6 is 12.2 Å². The summed E-state index contributed by atoms with van der Waals surface area (Å²) in [5.74, 6) is 0.0979. The van der Waals surface area contributed by atoms with Crippen LogP contribution in [-0.2, 0) is 24.5 Å². The van der Waals surface area contributed by atoms with E-state index in [1.54, 1.807) is 12.1 Å². The van der Waals surface area contributed by atoms with Crippen molar-refractivity contribution in [3.8, 4) is 5.75 Å². The molecule has 0 bridgehead atoms. The van der Waals surface area contributed by atoms with Crippen molar-refractivity contribution in [2.24, 2.45) is 0 Å². The van der Waals surface area contributed by atoms with E-state index in [1.807, 2.05) is 48.5 Å². The molecular weight excluding hydrogens is 406 g/mol. The number of halogens is 2. The SMILES string of the molecule is FC(F)Oc1ccc(NC(=S)NCc2cccc(COCc3ccccc3)c2)cc1. The second-order valence-corrected chi connectivity index (χ2v) is 6.92. The average Bonchev–Trinajstić information content (AvgIpc) is 2.74. The number of hydrogen-bond acceptors (Lipinski definition) is 3. The number of alkyl halides is 2. The Morgan fingerprint density at radius 1 is 0.833 bits per heavy atom. The van der Waals surface area contributed by atoms with E-state index >= 15 is 0 Å². The molecule has 0 aliphatic rings. The number of ether oxygens (including phenoxy) is 2. The zero-order valence-electron chi connectivity index (χ0n) is 16.2. The molecule has 0 aromatic heterocycles. The van der Waals surface area contributed by atoms with Crippen molar-refractivity contribution in [3.05, 3.63) is 95.6 Å². The molecule has 0 fully saturated rings. The Bertz CT molecular complexity index is 937. The highest BCUT2D eigenvalue weighted by molar-refractivity contribution is 7.80. The third-order valence-corrected chi connectivity index (χ3v) is 4.41. The van der Waals surface area contributed by atoms with E-state index in [0.29, 0.717) is 30.6 Å². The van der Waals surface area contributed by atoms with Crippen molar-refractivity contribution in [1.29, 1.82) is 0 Å². The van der Waals surface area contributed by atoms with Gasteiger partial charge < -0.3 is 20.1 Å². The van der Waals surface area contributed by atoms with Gasteiger partial charge in [-0.15, -0.1) is 0 Å². The summed E-state index contributed by atoms with van der Waals surface area (Å²) in [4.78, 5) is 0. The smallest absolute Gasteiger partial charge is 0.387 e. The van der Waals surface area contributed by atoms with Gasteiger partial charge in [-0.25, -0.2) is 0 Å². The maximum absolute atomic E-state index is 12.2. The molecule has 0 unspecified atom stereocenters. The first-order valence-corrected chi connectivity index (χ1v) is 9.78. The van der Waals surface area contributed by atoms with Gasteiger partial charge in [0.05, 0.1) is 13.2 Å². The molecule has 156 valence electrons. The third kappa shape index (κ3) is 7.42. The first-order valence-electron chi connectivity index (χ1n) is 9.38. The van der Waals surface area contributed by atoms with Crippen LogP contribution in [0.25, 0.3) is 0 Å². The van der Waals surface area contributed by atoms with E-state index in [2.05, 4.69) is 21.4 Å². The Kier molecular flexibility index (Phi) is 8.11. The fourth-order valence-electron chi connectivity index (χ4n) is 2.77. The van der Waals surface area contributed by atoms with Crippen LogP contribution in [0.15, 0.2) is 78.9 Å². The van der Waals surface area contributed by atoms with E-state index in [0.717, 1.165) is 16.7 Å². The molecule has 0 aliphatic heterocycles. The van der Waals surface area contributed by atoms with Crippen LogP contribution in [0.2, 0.25) is 0 Å². The molecule has 3 rings (SSSR count). The summed E-state index contributed by atoms with van der Waals surface area (Å²) in [6.45, 7) is -1.20. The number of nitrogens with one attached hydrogen (secondary N) is 2. The maximum atomic E-state index is 12.2. The number of hydrogen-bond donors (Lipinski definition) is 2. The lowest BCUT2D eigenvalue weighted by atomic mass is 10.1. The normalized spacial score (nSPS) is 10.6. The van der Waals surface area contributed by atoms with Crippen LogP contribution in [-0.4, -0.2) is 11.7 Å². The minimum atomic E-state index is -2.84. The maximum Gasteiger partial charge on any atom is 0.387 e. The first-order chi connectivity index (χ1) is 14.6. The highest BCUT2D eigenvalue weighted by Crippen LogP contribution is 2.17. The molecular formula is C23H22F2N2O2S. The quantitative estimate of drug-likeness (QED) is 0.441. The zero-order valence-corrected chi connectivity index (χ0v) is 17.0. The van der Waals surface area contributed by atoms with Crippen molar-refractivity contribution in [1.82, 2.24) is 5.32 Å². The Hall–Kier alpha value is -3.03. The molecule has 0 amide bonds. The molecule has 4 nitrogen and oxygen atoms in total. The van der Waals surface area contributed by atoms with Crippen molar-refractivity contribution >= 4 is 23.0 Å². The summed E-state index contributed by atoms with van der Waals surface area (Å²) in [6, 6.07) is 24.3. The lowest BCUT2D eigenvalue weighted by Gasteiger charge is -2.12. The van der Waals surface area contributed by atoms with Gasteiger partial charge in [-0.1, -0.05) is 54.6 Å². The molecule has 0 heterocycles. The monoisotopic (exact) mass is 428 g/mol. The molecule has 0 saturated carbocycles. The van der Waals surface area contributed by atoms with Gasteiger partial charge in [0.15, 0.2) is 5.11 Å². The van der Waals surface area contributed by atoms with Gasteiger partial charge in [0, 0.05) is 12.2 Å². The molecule has 3 aromatic rings. The summed E-state index contributed by atoms with van der Waals surface area (Å²) in [5.41, 5.74) is 3.97. The van der Waals surface area contributed by atoms with Gasteiger partial charge in [0.25, 0.3) is 0 Å². The van der Waals surface area contributed by atoms with Crippen LogP contribution in [0.1, 0.15) is 16.7 Å². The predicted molar refractivity (Wildman–Crippen MR) is 118 cm³/mol. The fourth-order valence-corrected chi connectivity index (χ4v) is 2.96. The first kappa shape index (κ1) is 21.7. The number of thiocarbonyl (C=S) groups is 1. The van der Waals surface area contributed by atoms with Crippen LogP contribution in [0.3, 0.4) is 0 Å². The molecule has 3 aromatic carbocycles. The Balaban J connectivity index is 1.43. The van der Waals surface area contributed by atoms with Gasteiger partial charge in [-0.2, -0.15) is 8.78 Å². The number of anilines is 1. The molecule has 2 N–H and O–H groups in total. The van der Waals surface area contributed by atoms with E-state index in [-0.39, 0.29) is 5.75 Å². The average molecular weight is 429 g/mol. The van der Waals surface area contributed by atoms with Crippen molar-refractivity contribution in [2.45, 2.75) is 26.4 Å². The highest BCUT2D eigenvalue weighted by atomic mass is 32.1. The van der Waals surface area contributed by atoms with Crippen molar-refractivity contribution in [3.63, 3.8) is 0 Å². The van der Waals surface area contributed by atoms with E-state index in [4.69, 9.17) is 17.0 Å². The molecule has 0 spiro atoms. The molecule has 0 radical (unpaired) electrons. The Morgan fingerprint density at radius 3 is 2.23 bits per heavy atom. The van der Waals surface area contributed by atoms with Crippen LogP contribution in [0.5, 0.6) is 5.75 Å². The molecule has 7 heteroatoms. The van der Waals surface area contributed by atoms with Gasteiger partial charge >= 0.3 is 6.61 Å². The summed E-state index contributed by atoms with van der Waals surface area (Å²) in [5, 5.41) is 6.58. The molecule has 30 heavy (non-hydrogen) atoms. The lowest BCUT2D eigenvalue weighted by Crippen LogP contribution is -2.27. The topological polar surface area (TPSA) is 42.5 Å². The summed E-state index contributed by atoms with van der Waals surface area (Å²) in [6.07, 6.45) is 0. The predicted octanol–water partition coefficient (Wildman–Crippen LogP) is 5.49. The summed E-state index contributed by atoms with van der Waals surface area (Å²) in [7, 11) is 0. The van der Waals surface area contributed by atoms with Gasteiger partial charge in [0.1, 0.15) is 5.75 Å². The Labute approximate surface area is 179 Å². The van der Waals surface area contributed by atoms with E-state index < -0.39 is 6.61 Å².